The van der Waals surface area contributed by atoms with Crippen LogP contribution < -0.4 is 56.3 Å². The molecule has 0 radical (unpaired) electrons. The van der Waals surface area contributed by atoms with E-state index < -0.39 is 49.9 Å². The van der Waals surface area contributed by atoms with E-state index in [0.29, 0.717) is 18.7 Å². The van der Waals surface area contributed by atoms with E-state index in [1.165, 1.54) is 12.1 Å². The summed E-state index contributed by atoms with van der Waals surface area (Å²) < 4.78 is 63.7. The minimum atomic E-state index is -4.67. The Morgan fingerprint density at radius 2 is 1.37 bits per heavy atom. The van der Waals surface area contributed by atoms with Crippen LogP contribution in [0.3, 0.4) is 0 Å². The minimum absolute atomic E-state index is 0. The number of benzene rings is 4. The molecule has 0 amide bonds. The van der Waals surface area contributed by atoms with E-state index in [-0.39, 0.29) is 61.7 Å². The fourth-order valence-electron chi connectivity index (χ4n) is 7.54. The molecule has 308 valence electrons. The number of aliphatic carboxylic acids is 2. The number of anilines is 1. The van der Waals surface area contributed by atoms with Gasteiger partial charge in [-0.05, 0) is 60.4 Å². The third-order valence-corrected chi connectivity index (χ3v) is 11.8. The van der Waals surface area contributed by atoms with Crippen molar-refractivity contribution in [1.82, 2.24) is 0 Å². The number of fused-ring (bicyclic) bond motifs is 2. The van der Waals surface area contributed by atoms with Gasteiger partial charge in [0.1, 0.15) is 15.8 Å². The topological polar surface area (TPSA) is 189 Å². The molecule has 0 saturated carbocycles. The summed E-state index contributed by atoms with van der Waals surface area (Å²) in [5, 5.41) is 18.9. The van der Waals surface area contributed by atoms with E-state index in [2.05, 4.69) is 41.5 Å². The summed E-state index contributed by atoms with van der Waals surface area (Å²) in [5.74, 6) is -3.00. The number of hydrogen-bond donors (Lipinski definition) is 2. The smallest absolute Gasteiger partial charge is 0.744 e. The molecule has 0 bridgehead atoms. The Bertz CT molecular complexity index is 2630. The Hall–Kier alpha value is -4.32. The molecule has 60 heavy (non-hydrogen) atoms. The Kier molecular flexibility index (Phi) is 15.8. The van der Waals surface area contributed by atoms with Gasteiger partial charge in [0.05, 0.1) is 16.7 Å². The van der Waals surface area contributed by atoms with Crippen molar-refractivity contribution in [1.29, 1.82) is 0 Å². The zero-order valence-electron chi connectivity index (χ0n) is 34.4. The largest absolute Gasteiger partial charge is 1.00 e. The van der Waals surface area contributed by atoms with Crippen LogP contribution in [0.2, 0.25) is 0 Å². The predicted octanol–water partition coefficient (Wildman–Crippen LogP) is 4.34. The number of carboxylic acids is 2. The Morgan fingerprint density at radius 1 is 0.817 bits per heavy atom. The van der Waals surface area contributed by atoms with Crippen LogP contribution >= 0.6 is 0 Å². The summed E-state index contributed by atoms with van der Waals surface area (Å²) in [4.78, 5) is 24.9. The molecule has 12 nitrogen and oxygen atoms in total. The van der Waals surface area contributed by atoms with Crippen molar-refractivity contribution in [2.45, 2.75) is 82.2 Å². The van der Waals surface area contributed by atoms with Crippen molar-refractivity contribution < 1.29 is 101 Å². The van der Waals surface area contributed by atoms with Gasteiger partial charge in [-0.3, -0.25) is 9.59 Å². The van der Waals surface area contributed by atoms with Gasteiger partial charge in [-0.15, -0.1) is 18.7 Å². The van der Waals surface area contributed by atoms with E-state index in [1.807, 2.05) is 98.8 Å². The molecule has 4 aromatic rings. The van der Waals surface area contributed by atoms with Crippen molar-refractivity contribution in [3.8, 4) is 0 Å². The zero-order valence-corrected chi connectivity index (χ0v) is 39.2. The summed E-state index contributed by atoms with van der Waals surface area (Å²) in [6.07, 6.45) is 10.0. The summed E-state index contributed by atoms with van der Waals surface area (Å²) in [6, 6.07) is 28.9. The average Bonchev–Trinajstić information content (AvgIpc) is 3.51. The molecule has 2 aliphatic rings. The van der Waals surface area contributed by atoms with Gasteiger partial charge >= 0.3 is 73.9 Å². The Morgan fingerprint density at radius 3 is 1.90 bits per heavy atom. The molecule has 0 spiro atoms. The molecule has 2 aliphatic heterocycles. The summed E-state index contributed by atoms with van der Waals surface area (Å²) in [5.41, 5.74) is 8.18. The third kappa shape index (κ3) is 10.8. The zero-order chi connectivity index (χ0) is 43.4. The SMILES string of the molecule is CC(C(=O)O)c1ccc(CN2C(=CC=CC=CC3=[N+](Cc4ccc(C(C)C(=O)O)cc4)c4cc[c-]cc4C3(C)C)C(C)(C)c3cc(S(=O)(=O)[O-])ccc32)cc1.O=S(=O)=O.[K+]. The van der Waals surface area contributed by atoms with Crippen LogP contribution in [0.25, 0.3) is 0 Å². The van der Waals surface area contributed by atoms with E-state index in [9.17, 15) is 32.8 Å². The van der Waals surface area contributed by atoms with Gasteiger partial charge in [0.25, 0.3) is 0 Å². The molecular weight excluding hydrogens is 832 g/mol. The number of nitrogens with zero attached hydrogens (tertiary/aromatic N) is 2. The number of hydrogen-bond acceptors (Lipinski definition) is 9. The molecule has 4 aromatic carbocycles. The first-order valence-electron chi connectivity index (χ1n) is 18.6. The molecule has 0 aromatic heterocycles. The van der Waals surface area contributed by atoms with Gasteiger partial charge in [-0.2, -0.15) is 18.2 Å². The second-order valence-electron chi connectivity index (χ2n) is 15.5. The Balaban J connectivity index is 0.00000152. The van der Waals surface area contributed by atoms with Gasteiger partial charge < -0.3 is 19.7 Å². The van der Waals surface area contributed by atoms with Gasteiger partial charge in [-0.1, -0.05) is 100 Å². The van der Waals surface area contributed by atoms with Crippen molar-refractivity contribution in [3.05, 3.63) is 160 Å². The molecule has 2 N–H and O–H groups in total. The fourth-order valence-corrected chi connectivity index (χ4v) is 8.04. The molecule has 6 rings (SSSR count). The van der Waals surface area contributed by atoms with E-state index in [1.54, 1.807) is 19.9 Å². The summed E-state index contributed by atoms with van der Waals surface area (Å²) in [6.45, 7) is 12.7. The van der Waals surface area contributed by atoms with Crippen molar-refractivity contribution in [2.75, 3.05) is 4.90 Å². The fraction of sp³-hybridized carbons (Fsp3) is 0.267. The summed E-state index contributed by atoms with van der Waals surface area (Å²) in [7, 11) is -7.78. The Labute approximate surface area is 394 Å². The number of carbonyl (C=O) groups is 2. The van der Waals surface area contributed by atoms with Crippen LogP contribution in [0.15, 0.2) is 126 Å². The molecule has 2 unspecified atom stereocenters. The second kappa shape index (κ2) is 19.6. The van der Waals surface area contributed by atoms with Crippen LogP contribution in [-0.4, -0.2) is 58.0 Å². The van der Waals surface area contributed by atoms with Gasteiger partial charge in [0.15, 0.2) is 12.3 Å². The van der Waals surface area contributed by atoms with Gasteiger partial charge in [0.2, 0.25) is 0 Å². The molecule has 15 heteroatoms. The van der Waals surface area contributed by atoms with Gasteiger partial charge in [-0.25, -0.2) is 13.0 Å². The van der Waals surface area contributed by atoms with Crippen molar-refractivity contribution in [3.63, 3.8) is 0 Å². The molecule has 2 atom stereocenters. The number of allylic oxidation sites excluding steroid dienone is 6. The molecular formula is C45H45KN2O10S2. The second-order valence-corrected chi connectivity index (χ2v) is 17.3. The third-order valence-electron chi connectivity index (χ3n) is 11.0. The summed E-state index contributed by atoms with van der Waals surface area (Å²) >= 11 is 0. The van der Waals surface area contributed by atoms with Gasteiger partial charge in [0, 0.05) is 40.4 Å². The monoisotopic (exact) mass is 876 g/mol. The van der Waals surface area contributed by atoms with E-state index in [4.69, 9.17) is 12.6 Å². The molecule has 0 fully saturated rings. The van der Waals surface area contributed by atoms with Crippen LogP contribution in [0.5, 0.6) is 0 Å². The normalized spacial score (nSPS) is 16.8. The predicted molar refractivity (Wildman–Crippen MR) is 222 cm³/mol. The van der Waals surface area contributed by atoms with Crippen LogP contribution in [0.1, 0.15) is 86.8 Å². The first-order chi connectivity index (χ1) is 27.6. The number of rotatable bonds is 12. The maximum atomic E-state index is 12.0. The maximum Gasteiger partial charge on any atom is 1.00 e. The molecule has 0 saturated heterocycles. The molecule has 0 aliphatic carbocycles. The number of carboxylic acid groups (broad SMARTS) is 2. The van der Waals surface area contributed by atoms with E-state index in [0.717, 1.165) is 50.6 Å². The molecule has 2 heterocycles. The van der Waals surface area contributed by atoms with Crippen LogP contribution in [0.4, 0.5) is 11.4 Å². The average molecular weight is 877 g/mol. The first kappa shape index (κ1) is 48.3. The quantitative estimate of drug-likeness (QED) is 0.0678. The van der Waals surface area contributed by atoms with E-state index >= 15 is 0 Å². The van der Waals surface area contributed by atoms with Crippen molar-refractivity contribution >= 4 is 49.8 Å². The minimum Gasteiger partial charge on any atom is -0.744 e. The van der Waals surface area contributed by atoms with Crippen LogP contribution in [-0.2, 0) is 54.2 Å². The van der Waals surface area contributed by atoms with Crippen LogP contribution in [0, 0.1) is 6.07 Å². The first-order valence-corrected chi connectivity index (χ1v) is 21.0. The standard InChI is InChI=1S/C45H46N2O7S.K.O3S/c1-29(42(48)49)33-20-16-31(17-21-33)27-46-38-13-11-10-12-36(38)44(3,4)40(46)14-8-7-9-15-41-45(5,6)37-26-35(55(52,53)54)24-25-39(37)47(41)28-32-18-22-34(23-19-32)30(2)43(50)51;;1-4(2)3/h7-9,11-26,29-30H,27-28H2,1-6H3,(H,48,49)(H,50,51)(H,52,53,54);;/q;+1;/p-1. The van der Waals surface area contributed by atoms with Crippen molar-refractivity contribution in [2.24, 2.45) is 0 Å². The maximum absolute atomic E-state index is 12.0.